The van der Waals surface area contributed by atoms with Crippen molar-refractivity contribution in [2.24, 2.45) is 0 Å². The number of hydrogen-bond donors (Lipinski definition) is 1. The maximum atomic E-state index is 13.8. The van der Waals surface area contributed by atoms with Crippen LogP contribution in [0.3, 0.4) is 0 Å². The first-order valence-corrected chi connectivity index (χ1v) is 14.1. The van der Waals surface area contributed by atoms with Gasteiger partial charge in [0.2, 0.25) is 0 Å². The van der Waals surface area contributed by atoms with Crippen LogP contribution in [0.4, 0.5) is 20.2 Å². The third kappa shape index (κ3) is 7.26. The summed E-state index contributed by atoms with van der Waals surface area (Å²) in [6.45, 7) is 1.12. The molecule has 1 heterocycles. The maximum Gasteiger partial charge on any atom is 0.328 e. The summed E-state index contributed by atoms with van der Waals surface area (Å²) in [5, 5.41) is 2.80. The molecule has 0 radical (unpaired) electrons. The number of halogens is 2. The molecule has 7 nitrogen and oxygen atoms in total. The highest BCUT2D eigenvalue weighted by Crippen LogP contribution is 2.33. The molecule has 4 aromatic rings. The van der Waals surface area contributed by atoms with E-state index in [0.717, 1.165) is 11.4 Å². The van der Waals surface area contributed by atoms with Crippen molar-refractivity contribution in [3.63, 3.8) is 0 Å². The summed E-state index contributed by atoms with van der Waals surface area (Å²) in [6, 6.07) is 16.5. The third-order valence-corrected chi connectivity index (χ3v) is 7.04. The molecule has 0 spiro atoms. The number of anilines is 2. The topological polar surface area (TPSA) is 76.5 Å². The number of rotatable bonds is 12. The Morgan fingerprint density at radius 3 is 2.33 bits per heavy atom. The molecule has 0 saturated heterocycles. The van der Waals surface area contributed by atoms with Crippen molar-refractivity contribution in [3.05, 3.63) is 103 Å². The van der Waals surface area contributed by atoms with Crippen molar-refractivity contribution < 1.29 is 23.1 Å². The highest BCUT2D eigenvalue weighted by Gasteiger charge is 2.24. The number of hydrogen-bond acceptors (Lipinski definition) is 6. The average molecular weight is 565 g/mol. The molecular weight excluding hydrogens is 534 g/mol. The van der Waals surface area contributed by atoms with E-state index < -0.39 is 23.7 Å². The van der Waals surface area contributed by atoms with E-state index >= 15 is 0 Å². The number of nitrogens with one attached hydrogen (secondary N) is 1. The molecule has 1 unspecified atom stereocenters. The van der Waals surface area contributed by atoms with Gasteiger partial charge in [-0.15, -0.1) is 0 Å². The van der Waals surface area contributed by atoms with Gasteiger partial charge in [0, 0.05) is 42.4 Å². The van der Waals surface area contributed by atoms with Gasteiger partial charge in [0.15, 0.2) is 0 Å². The zero-order valence-electron chi connectivity index (χ0n) is 22.2. The summed E-state index contributed by atoms with van der Waals surface area (Å²) in [6.07, 6.45) is 7.60. The summed E-state index contributed by atoms with van der Waals surface area (Å²) >= 11 is 1.56. The Balaban J connectivity index is 1.74. The summed E-state index contributed by atoms with van der Waals surface area (Å²) in [4.78, 5) is 31.9. The molecule has 0 aliphatic rings. The van der Waals surface area contributed by atoms with Gasteiger partial charge in [0.1, 0.15) is 17.7 Å². The van der Waals surface area contributed by atoms with Gasteiger partial charge in [-0.25, -0.2) is 18.6 Å². The van der Waals surface area contributed by atoms with Crippen molar-refractivity contribution in [2.75, 3.05) is 30.6 Å². The molecule has 0 aliphatic heterocycles. The Morgan fingerprint density at radius 1 is 1.02 bits per heavy atom. The lowest BCUT2D eigenvalue weighted by Gasteiger charge is -2.27. The van der Waals surface area contributed by atoms with Gasteiger partial charge in [0.05, 0.1) is 13.4 Å². The average Bonchev–Trinajstić information content (AvgIpc) is 3.50. The summed E-state index contributed by atoms with van der Waals surface area (Å²) < 4.78 is 34.4. The van der Waals surface area contributed by atoms with Crippen LogP contribution < -0.4 is 10.2 Å². The van der Waals surface area contributed by atoms with Crippen LogP contribution in [-0.2, 0) is 16.1 Å². The van der Waals surface area contributed by atoms with Crippen molar-refractivity contribution in [2.45, 2.75) is 19.0 Å². The number of aromatic nitrogens is 2. The molecule has 1 amide bonds. The molecule has 0 bridgehead atoms. The number of carbonyl (C=O) groups excluding carboxylic acids is 2. The third-order valence-electron chi connectivity index (χ3n) is 6.40. The fraction of sp³-hybridized carbons (Fsp3) is 0.233. The number of carbonyl (C=O) groups is 2. The van der Waals surface area contributed by atoms with Gasteiger partial charge < -0.3 is 19.5 Å². The number of imidazole rings is 1. The Kier molecular flexibility index (Phi) is 9.91. The van der Waals surface area contributed by atoms with Gasteiger partial charge in [-0.05, 0) is 84.2 Å². The number of thioether (sulfide) groups is 1. The predicted molar refractivity (Wildman–Crippen MR) is 154 cm³/mol. The first-order valence-electron chi connectivity index (χ1n) is 12.7. The molecule has 10 heteroatoms. The van der Waals surface area contributed by atoms with E-state index in [-0.39, 0.29) is 5.82 Å². The standard InChI is InChI=1S/C30H30F2N4O3S/c1-39-30(38)28(13-18-40-2)34-29(37)26-12-11-25(19-27(26)21-3-5-22(31)6-4-21)36(17-16-35-15-14-33-20-35)24-9-7-23(32)8-10-24/h3-12,14-15,19-20,28H,13,16-18H2,1-2H3,(H,34,37). The van der Waals surface area contributed by atoms with Crippen LogP contribution in [0, 0.1) is 11.6 Å². The van der Waals surface area contributed by atoms with Crippen LogP contribution >= 0.6 is 11.8 Å². The maximum absolute atomic E-state index is 13.8. The van der Waals surface area contributed by atoms with Crippen LogP contribution in [0.25, 0.3) is 11.1 Å². The van der Waals surface area contributed by atoms with Crippen LogP contribution in [0.5, 0.6) is 0 Å². The van der Waals surface area contributed by atoms with E-state index in [1.54, 1.807) is 60.7 Å². The molecule has 40 heavy (non-hydrogen) atoms. The minimum absolute atomic E-state index is 0.321. The van der Waals surface area contributed by atoms with E-state index in [9.17, 15) is 18.4 Å². The molecule has 0 saturated carbocycles. The lowest BCUT2D eigenvalue weighted by Crippen LogP contribution is -2.42. The second-order valence-corrected chi connectivity index (χ2v) is 9.98. The normalized spacial score (nSPS) is 11.6. The minimum Gasteiger partial charge on any atom is -0.467 e. The zero-order chi connectivity index (χ0) is 28.5. The molecule has 208 valence electrons. The first-order chi connectivity index (χ1) is 19.4. The lowest BCUT2D eigenvalue weighted by molar-refractivity contribution is -0.142. The molecule has 1 aromatic heterocycles. The molecule has 3 aromatic carbocycles. The molecular formula is C30H30F2N4O3S. The number of methoxy groups -OCH3 is 1. The molecule has 1 atom stereocenters. The van der Waals surface area contributed by atoms with E-state index in [2.05, 4.69) is 10.3 Å². The number of amides is 1. The molecule has 0 aliphatic carbocycles. The Labute approximate surface area is 236 Å². The fourth-order valence-electron chi connectivity index (χ4n) is 4.29. The molecule has 4 rings (SSSR count). The number of ether oxygens (including phenoxy) is 1. The van der Waals surface area contributed by atoms with Gasteiger partial charge in [0.25, 0.3) is 5.91 Å². The smallest absolute Gasteiger partial charge is 0.328 e. The van der Waals surface area contributed by atoms with Crippen LogP contribution in [0.15, 0.2) is 85.5 Å². The van der Waals surface area contributed by atoms with Crippen molar-refractivity contribution in [1.29, 1.82) is 0 Å². The number of benzene rings is 3. The summed E-state index contributed by atoms with van der Waals surface area (Å²) in [5.74, 6) is -1.06. The minimum atomic E-state index is -0.809. The lowest BCUT2D eigenvalue weighted by atomic mass is 9.97. The van der Waals surface area contributed by atoms with Gasteiger partial charge in [-0.2, -0.15) is 11.8 Å². The number of nitrogens with zero attached hydrogens (tertiary/aromatic N) is 3. The quantitative estimate of drug-likeness (QED) is 0.223. The highest BCUT2D eigenvalue weighted by molar-refractivity contribution is 7.98. The summed E-state index contributed by atoms with van der Waals surface area (Å²) in [7, 11) is 1.28. The van der Waals surface area contributed by atoms with E-state index in [1.807, 2.05) is 28.0 Å². The monoisotopic (exact) mass is 564 g/mol. The second-order valence-electron chi connectivity index (χ2n) is 9.00. The summed E-state index contributed by atoms with van der Waals surface area (Å²) in [5.41, 5.74) is 3.00. The van der Waals surface area contributed by atoms with Crippen molar-refractivity contribution in [1.82, 2.24) is 14.9 Å². The van der Waals surface area contributed by atoms with Gasteiger partial charge in [-0.3, -0.25) is 4.79 Å². The molecule has 0 fully saturated rings. The SMILES string of the molecule is COC(=O)C(CCSC)NC(=O)c1ccc(N(CCn2ccnc2)c2ccc(F)cc2)cc1-c1ccc(F)cc1. The Hall–Kier alpha value is -4.18. The molecule has 1 N–H and O–H groups in total. The van der Waals surface area contributed by atoms with Gasteiger partial charge >= 0.3 is 5.97 Å². The second kappa shape index (κ2) is 13.7. The largest absolute Gasteiger partial charge is 0.467 e. The van der Waals surface area contributed by atoms with Crippen LogP contribution in [0.2, 0.25) is 0 Å². The van der Waals surface area contributed by atoms with E-state index in [1.165, 1.54) is 31.4 Å². The van der Waals surface area contributed by atoms with Crippen molar-refractivity contribution >= 4 is 35.0 Å². The van der Waals surface area contributed by atoms with Crippen LogP contribution in [0.1, 0.15) is 16.8 Å². The van der Waals surface area contributed by atoms with E-state index in [4.69, 9.17) is 4.74 Å². The number of esters is 1. The Morgan fingerprint density at radius 2 is 1.70 bits per heavy atom. The predicted octanol–water partition coefficient (Wildman–Crippen LogP) is 5.69. The highest BCUT2D eigenvalue weighted by atomic mass is 32.2. The van der Waals surface area contributed by atoms with Crippen molar-refractivity contribution in [3.8, 4) is 11.1 Å². The first kappa shape index (κ1) is 28.8. The fourth-order valence-corrected chi connectivity index (χ4v) is 4.76. The van der Waals surface area contributed by atoms with E-state index in [0.29, 0.717) is 42.0 Å². The van der Waals surface area contributed by atoms with Crippen LogP contribution in [-0.4, -0.2) is 53.1 Å². The Bertz CT molecular complexity index is 1410. The van der Waals surface area contributed by atoms with Gasteiger partial charge in [-0.1, -0.05) is 12.1 Å². The zero-order valence-corrected chi connectivity index (χ0v) is 23.0.